The molecular formula is C24H43NO2. The van der Waals surface area contributed by atoms with Gasteiger partial charge in [-0.2, -0.15) is 0 Å². The summed E-state index contributed by atoms with van der Waals surface area (Å²) in [5.74, 6) is 1.77. The van der Waals surface area contributed by atoms with Gasteiger partial charge in [0.15, 0.2) is 11.5 Å². The summed E-state index contributed by atoms with van der Waals surface area (Å²) < 4.78 is 12.1. The molecule has 0 atom stereocenters. The quantitative estimate of drug-likeness (QED) is 0.291. The molecule has 3 nitrogen and oxygen atoms in total. The van der Waals surface area contributed by atoms with Crippen LogP contribution in [0.25, 0.3) is 0 Å². The lowest BCUT2D eigenvalue weighted by atomic mass is 10.1. The smallest absolute Gasteiger partial charge is 0.161 e. The molecule has 1 aromatic carbocycles. The van der Waals surface area contributed by atoms with Crippen LogP contribution in [0, 0.1) is 0 Å². The lowest BCUT2D eigenvalue weighted by Gasteiger charge is -2.14. The van der Waals surface area contributed by atoms with Gasteiger partial charge in [-0.25, -0.2) is 0 Å². The zero-order valence-corrected chi connectivity index (χ0v) is 17.9. The Bertz CT molecular complexity index is 462. The SMILES string of the molecule is CCCCCCCCOc1ccc(CCN)cc1OCCCCCCCC. The van der Waals surface area contributed by atoms with Gasteiger partial charge < -0.3 is 15.2 Å². The molecule has 0 bridgehead atoms. The Morgan fingerprint density at radius 1 is 0.667 bits per heavy atom. The summed E-state index contributed by atoms with van der Waals surface area (Å²) in [5, 5.41) is 0. The number of nitrogens with two attached hydrogens (primary N) is 1. The number of hydrogen-bond acceptors (Lipinski definition) is 3. The average Bonchev–Trinajstić information content (AvgIpc) is 2.68. The first kappa shape index (κ1) is 23.8. The molecule has 0 aliphatic heterocycles. The van der Waals surface area contributed by atoms with Crippen LogP contribution in [0.1, 0.15) is 96.5 Å². The van der Waals surface area contributed by atoms with E-state index in [1.165, 1.54) is 69.8 Å². The van der Waals surface area contributed by atoms with E-state index in [1.807, 2.05) is 0 Å². The lowest BCUT2D eigenvalue weighted by Crippen LogP contribution is -2.06. The monoisotopic (exact) mass is 377 g/mol. The lowest BCUT2D eigenvalue weighted by molar-refractivity contribution is 0.258. The summed E-state index contributed by atoms with van der Waals surface area (Å²) in [6.45, 7) is 6.71. The molecule has 156 valence electrons. The molecule has 0 fully saturated rings. The summed E-state index contributed by atoms with van der Waals surface area (Å²) in [7, 11) is 0. The summed E-state index contributed by atoms with van der Waals surface area (Å²) >= 11 is 0. The van der Waals surface area contributed by atoms with E-state index in [0.29, 0.717) is 6.54 Å². The highest BCUT2D eigenvalue weighted by atomic mass is 16.5. The fraction of sp³-hybridized carbons (Fsp3) is 0.750. The zero-order chi connectivity index (χ0) is 19.6. The minimum atomic E-state index is 0.662. The van der Waals surface area contributed by atoms with E-state index >= 15 is 0 Å². The molecule has 0 heterocycles. The van der Waals surface area contributed by atoms with Gasteiger partial charge >= 0.3 is 0 Å². The van der Waals surface area contributed by atoms with Crippen molar-refractivity contribution in [3.05, 3.63) is 23.8 Å². The fourth-order valence-electron chi connectivity index (χ4n) is 3.24. The highest BCUT2D eigenvalue weighted by Crippen LogP contribution is 2.29. The van der Waals surface area contributed by atoms with Gasteiger partial charge in [-0.15, -0.1) is 0 Å². The summed E-state index contributed by atoms with van der Waals surface area (Å²) in [5.41, 5.74) is 6.93. The largest absolute Gasteiger partial charge is 0.490 e. The van der Waals surface area contributed by atoms with Gasteiger partial charge in [-0.05, 0) is 43.5 Å². The van der Waals surface area contributed by atoms with Gasteiger partial charge in [0.05, 0.1) is 13.2 Å². The normalized spacial score (nSPS) is 10.9. The molecular weight excluding hydrogens is 334 g/mol. The second kappa shape index (κ2) is 16.9. The van der Waals surface area contributed by atoms with Crippen molar-refractivity contribution in [2.24, 2.45) is 5.73 Å². The van der Waals surface area contributed by atoms with Crippen LogP contribution in [0.4, 0.5) is 0 Å². The predicted molar refractivity (Wildman–Crippen MR) is 117 cm³/mol. The fourth-order valence-corrected chi connectivity index (χ4v) is 3.24. The van der Waals surface area contributed by atoms with Crippen LogP contribution in [0.5, 0.6) is 11.5 Å². The Morgan fingerprint density at radius 2 is 1.19 bits per heavy atom. The third-order valence-corrected chi connectivity index (χ3v) is 4.95. The Morgan fingerprint density at radius 3 is 1.74 bits per heavy atom. The average molecular weight is 378 g/mol. The number of ether oxygens (including phenoxy) is 2. The van der Waals surface area contributed by atoms with Crippen LogP contribution >= 0.6 is 0 Å². The third-order valence-electron chi connectivity index (χ3n) is 4.95. The predicted octanol–water partition coefficient (Wildman–Crippen LogP) is 6.67. The molecule has 2 N–H and O–H groups in total. The maximum atomic E-state index is 6.08. The molecule has 0 aliphatic rings. The van der Waals surface area contributed by atoms with E-state index < -0.39 is 0 Å². The van der Waals surface area contributed by atoms with Crippen molar-refractivity contribution in [2.75, 3.05) is 19.8 Å². The topological polar surface area (TPSA) is 44.5 Å². The summed E-state index contributed by atoms with van der Waals surface area (Å²) in [4.78, 5) is 0. The summed E-state index contributed by atoms with van der Waals surface area (Å²) in [6, 6.07) is 6.28. The third kappa shape index (κ3) is 12.0. The van der Waals surface area contributed by atoms with Crippen molar-refractivity contribution < 1.29 is 9.47 Å². The van der Waals surface area contributed by atoms with Crippen molar-refractivity contribution in [1.29, 1.82) is 0 Å². The van der Waals surface area contributed by atoms with Crippen molar-refractivity contribution >= 4 is 0 Å². The van der Waals surface area contributed by atoms with E-state index in [4.69, 9.17) is 15.2 Å². The number of unbranched alkanes of at least 4 members (excludes halogenated alkanes) is 10. The van der Waals surface area contributed by atoms with Gasteiger partial charge in [0.1, 0.15) is 0 Å². The van der Waals surface area contributed by atoms with Crippen molar-refractivity contribution in [2.45, 2.75) is 97.3 Å². The molecule has 1 aromatic rings. The molecule has 27 heavy (non-hydrogen) atoms. The van der Waals surface area contributed by atoms with Gasteiger partial charge in [0.25, 0.3) is 0 Å². The Balaban J connectivity index is 2.38. The molecule has 0 spiro atoms. The maximum absolute atomic E-state index is 6.08. The molecule has 0 unspecified atom stereocenters. The first-order chi connectivity index (χ1) is 13.3. The molecule has 0 saturated carbocycles. The van der Waals surface area contributed by atoms with Crippen LogP contribution in [0.3, 0.4) is 0 Å². The van der Waals surface area contributed by atoms with Crippen LogP contribution < -0.4 is 15.2 Å². The summed E-state index contributed by atoms with van der Waals surface area (Å²) in [6.07, 6.45) is 16.2. The minimum absolute atomic E-state index is 0.662. The molecule has 0 radical (unpaired) electrons. The first-order valence-electron chi connectivity index (χ1n) is 11.4. The molecule has 0 saturated heterocycles. The Labute approximate surface area is 168 Å². The van der Waals surface area contributed by atoms with Crippen molar-refractivity contribution in [1.82, 2.24) is 0 Å². The maximum Gasteiger partial charge on any atom is 0.161 e. The van der Waals surface area contributed by atoms with Gasteiger partial charge in [0.2, 0.25) is 0 Å². The van der Waals surface area contributed by atoms with E-state index in [-0.39, 0.29) is 0 Å². The second-order valence-electron chi connectivity index (χ2n) is 7.55. The van der Waals surface area contributed by atoms with Crippen molar-refractivity contribution in [3.8, 4) is 11.5 Å². The highest BCUT2D eigenvalue weighted by Gasteiger charge is 2.07. The van der Waals surface area contributed by atoms with Crippen LogP contribution in [-0.4, -0.2) is 19.8 Å². The standard InChI is InChI=1S/C24H43NO2/c1-3-5-7-9-11-13-19-26-23-16-15-22(17-18-25)21-24(23)27-20-14-12-10-8-6-4-2/h15-16,21H,3-14,17-20,25H2,1-2H3. The minimum Gasteiger partial charge on any atom is -0.490 e. The second-order valence-corrected chi connectivity index (χ2v) is 7.55. The number of rotatable bonds is 18. The molecule has 0 aliphatic carbocycles. The molecule has 0 amide bonds. The Hall–Kier alpha value is -1.22. The highest BCUT2D eigenvalue weighted by molar-refractivity contribution is 5.43. The van der Waals surface area contributed by atoms with Crippen molar-refractivity contribution in [3.63, 3.8) is 0 Å². The molecule has 1 rings (SSSR count). The van der Waals surface area contributed by atoms with Crippen LogP contribution in [0.15, 0.2) is 18.2 Å². The first-order valence-corrected chi connectivity index (χ1v) is 11.4. The van der Waals surface area contributed by atoms with E-state index in [2.05, 4.69) is 32.0 Å². The number of benzene rings is 1. The van der Waals surface area contributed by atoms with Gasteiger partial charge in [0, 0.05) is 0 Å². The van der Waals surface area contributed by atoms with Crippen LogP contribution in [0.2, 0.25) is 0 Å². The van der Waals surface area contributed by atoms with Gasteiger partial charge in [-0.1, -0.05) is 84.1 Å². The molecule has 0 aromatic heterocycles. The van der Waals surface area contributed by atoms with E-state index in [1.54, 1.807) is 0 Å². The van der Waals surface area contributed by atoms with E-state index in [0.717, 1.165) is 44.0 Å². The molecule has 3 heteroatoms. The zero-order valence-electron chi connectivity index (χ0n) is 17.9. The Kier molecular flexibility index (Phi) is 14.9. The number of hydrogen-bond donors (Lipinski definition) is 1. The van der Waals surface area contributed by atoms with E-state index in [9.17, 15) is 0 Å². The van der Waals surface area contributed by atoms with Crippen LogP contribution in [-0.2, 0) is 6.42 Å². The van der Waals surface area contributed by atoms with Gasteiger partial charge in [-0.3, -0.25) is 0 Å².